The molecule has 1 aromatic carbocycles. The number of hydrogen-bond acceptors (Lipinski definition) is 4. The molecule has 1 aliphatic carbocycles. The molecule has 1 fully saturated rings. The Morgan fingerprint density at radius 1 is 1.39 bits per heavy atom. The molecule has 2 unspecified atom stereocenters. The van der Waals surface area contributed by atoms with Crippen molar-refractivity contribution in [3.05, 3.63) is 34.0 Å². The summed E-state index contributed by atoms with van der Waals surface area (Å²) in [5, 5.41) is 19.4. The largest absolute Gasteiger partial charge is 0.490 e. The van der Waals surface area contributed by atoms with Crippen LogP contribution in [0.15, 0.2) is 18.3 Å². The van der Waals surface area contributed by atoms with E-state index >= 15 is 0 Å². The molecule has 6 nitrogen and oxygen atoms in total. The summed E-state index contributed by atoms with van der Waals surface area (Å²) in [6.45, 7) is 5.47. The highest BCUT2D eigenvalue weighted by Crippen LogP contribution is 2.37. The number of hydrogen-bond donors (Lipinski definition) is 1. The van der Waals surface area contributed by atoms with E-state index in [1.807, 2.05) is 19.1 Å². The fourth-order valence-electron chi connectivity index (χ4n) is 3.49. The van der Waals surface area contributed by atoms with Crippen LogP contribution in [0.1, 0.15) is 45.1 Å². The van der Waals surface area contributed by atoms with Crippen molar-refractivity contribution in [1.29, 1.82) is 0 Å². The highest BCUT2D eigenvalue weighted by atomic mass is 16.6. The molecule has 2 atom stereocenters. The van der Waals surface area contributed by atoms with Crippen molar-refractivity contribution in [2.75, 3.05) is 0 Å². The molecule has 1 aliphatic rings. The number of rotatable bonds is 4. The Labute approximate surface area is 135 Å². The summed E-state index contributed by atoms with van der Waals surface area (Å²) in [5.74, 6) is 0.901. The smallest absolute Gasteiger partial charge is 0.219 e. The molecule has 1 aromatic heterocycles. The molecule has 0 bridgehead atoms. The molecule has 0 amide bonds. The van der Waals surface area contributed by atoms with Crippen LogP contribution in [0.4, 0.5) is 0 Å². The summed E-state index contributed by atoms with van der Waals surface area (Å²) in [6.07, 6.45) is 5.39. The quantitative estimate of drug-likeness (QED) is 0.685. The van der Waals surface area contributed by atoms with Crippen LogP contribution in [0.2, 0.25) is 0 Å². The zero-order valence-corrected chi connectivity index (χ0v) is 13.8. The number of H-pyrrole nitrogens is 1. The Hall–Kier alpha value is -2.11. The summed E-state index contributed by atoms with van der Waals surface area (Å²) in [6, 6.07) is 3.92. The van der Waals surface area contributed by atoms with E-state index in [0.29, 0.717) is 0 Å². The zero-order chi connectivity index (χ0) is 16.6. The van der Waals surface area contributed by atoms with Crippen molar-refractivity contribution in [3.8, 4) is 5.75 Å². The van der Waals surface area contributed by atoms with Crippen LogP contribution >= 0.6 is 0 Å². The summed E-state index contributed by atoms with van der Waals surface area (Å²) < 4.78 is 6.20. The summed E-state index contributed by atoms with van der Waals surface area (Å²) in [7, 11) is 0. The van der Waals surface area contributed by atoms with Crippen LogP contribution in [-0.4, -0.2) is 26.8 Å². The van der Waals surface area contributed by atoms with E-state index < -0.39 is 5.54 Å². The van der Waals surface area contributed by atoms with Gasteiger partial charge in [-0.2, -0.15) is 5.10 Å². The first kappa shape index (κ1) is 15.8. The lowest BCUT2D eigenvalue weighted by Gasteiger charge is -2.34. The van der Waals surface area contributed by atoms with Crippen LogP contribution in [0, 0.1) is 23.0 Å². The van der Waals surface area contributed by atoms with Gasteiger partial charge in [0, 0.05) is 35.6 Å². The zero-order valence-electron chi connectivity index (χ0n) is 13.8. The van der Waals surface area contributed by atoms with Gasteiger partial charge < -0.3 is 4.74 Å². The molecule has 0 saturated heterocycles. The van der Waals surface area contributed by atoms with Gasteiger partial charge in [0.15, 0.2) is 0 Å². The van der Waals surface area contributed by atoms with Crippen molar-refractivity contribution in [2.24, 2.45) is 5.92 Å². The van der Waals surface area contributed by atoms with E-state index in [2.05, 4.69) is 10.2 Å². The summed E-state index contributed by atoms with van der Waals surface area (Å²) in [5.41, 5.74) is 1.16. The highest BCUT2D eigenvalue weighted by Gasteiger charge is 2.43. The van der Waals surface area contributed by atoms with Crippen molar-refractivity contribution < 1.29 is 9.66 Å². The number of aryl methyl sites for hydroxylation is 1. The third-order valence-corrected chi connectivity index (χ3v) is 5.23. The second-order valence-electron chi connectivity index (χ2n) is 7.03. The monoisotopic (exact) mass is 317 g/mol. The van der Waals surface area contributed by atoms with Gasteiger partial charge in [0.2, 0.25) is 5.54 Å². The maximum absolute atomic E-state index is 11.3. The third-order valence-electron chi connectivity index (χ3n) is 5.23. The van der Waals surface area contributed by atoms with Crippen LogP contribution in [0.25, 0.3) is 10.9 Å². The SMILES string of the molecule is Cc1c(OC2CCCC(C(C)(C)[N+](=O)[O-])C2)ccc2[nH]ncc12. The molecule has 6 heteroatoms. The first-order valence-corrected chi connectivity index (χ1v) is 8.13. The van der Waals surface area contributed by atoms with Crippen LogP contribution < -0.4 is 4.74 Å². The average molecular weight is 317 g/mol. The number of nitro groups is 1. The minimum Gasteiger partial charge on any atom is -0.490 e. The normalized spacial score (nSPS) is 22.2. The van der Waals surface area contributed by atoms with Gasteiger partial charge in [0.1, 0.15) is 5.75 Å². The molecule has 0 spiro atoms. The van der Waals surface area contributed by atoms with Gasteiger partial charge in [-0.3, -0.25) is 15.2 Å². The van der Waals surface area contributed by atoms with Crippen molar-refractivity contribution in [3.63, 3.8) is 0 Å². The first-order valence-electron chi connectivity index (χ1n) is 8.13. The minimum absolute atomic E-state index is 0.0380. The second-order valence-corrected chi connectivity index (χ2v) is 7.03. The fourth-order valence-corrected chi connectivity index (χ4v) is 3.49. The van der Waals surface area contributed by atoms with Crippen molar-refractivity contribution in [1.82, 2.24) is 10.2 Å². The van der Waals surface area contributed by atoms with Gasteiger partial charge in [-0.1, -0.05) is 0 Å². The molecule has 1 saturated carbocycles. The summed E-state index contributed by atoms with van der Waals surface area (Å²) in [4.78, 5) is 11.2. The predicted octanol–water partition coefficient (Wildman–Crippen LogP) is 3.86. The Kier molecular flexibility index (Phi) is 4.00. The topological polar surface area (TPSA) is 81.0 Å². The average Bonchev–Trinajstić information content (AvgIpc) is 2.99. The summed E-state index contributed by atoms with van der Waals surface area (Å²) >= 11 is 0. The van der Waals surface area contributed by atoms with Crippen LogP contribution in [0.3, 0.4) is 0 Å². The van der Waals surface area contributed by atoms with Gasteiger partial charge in [-0.05, 0) is 44.7 Å². The number of aromatic nitrogens is 2. The number of aromatic amines is 1. The predicted molar refractivity (Wildman–Crippen MR) is 88.3 cm³/mol. The van der Waals surface area contributed by atoms with E-state index in [9.17, 15) is 10.1 Å². The van der Waals surface area contributed by atoms with E-state index in [-0.39, 0.29) is 16.9 Å². The standard InChI is InChI=1S/C17H23N3O3/c1-11-14-10-18-19-15(14)7-8-16(11)23-13-6-4-5-12(9-13)17(2,3)20(21)22/h7-8,10,12-13H,4-6,9H2,1-3H3,(H,18,19). The second kappa shape index (κ2) is 5.83. The lowest BCUT2D eigenvalue weighted by Crippen LogP contribution is -2.43. The van der Waals surface area contributed by atoms with Gasteiger partial charge in [0.05, 0.1) is 17.8 Å². The van der Waals surface area contributed by atoms with E-state index in [1.165, 1.54) is 0 Å². The molecule has 0 aliphatic heterocycles. The Morgan fingerprint density at radius 3 is 2.91 bits per heavy atom. The van der Waals surface area contributed by atoms with Gasteiger partial charge in [-0.15, -0.1) is 0 Å². The lowest BCUT2D eigenvalue weighted by molar-refractivity contribution is -0.572. The molecule has 0 radical (unpaired) electrons. The molecule has 124 valence electrons. The van der Waals surface area contributed by atoms with E-state index in [4.69, 9.17) is 4.74 Å². The molecule has 1 N–H and O–H groups in total. The van der Waals surface area contributed by atoms with Crippen molar-refractivity contribution in [2.45, 2.75) is 58.1 Å². The Bertz CT molecular complexity index is 723. The molecule has 3 rings (SSSR count). The number of ether oxygens (including phenoxy) is 1. The van der Waals surface area contributed by atoms with Gasteiger partial charge in [0.25, 0.3) is 0 Å². The van der Waals surface area contributed by atoms with E-state index in [0.717, 1.165) is 47.9 Å². The van der Waals surface area contributed by atoms with Crippen molar-refractivity contribution >= 4 is 10.9 Å². The maximum atomic E-state index is 11.3. The molecular weight excluding hydrogens is 294 g/mol. The van der Waals surface area contributed by atoms with Gasteiger partial charge in [-0.25, -0.2) is 0 Å². The Morgan fingerprint density at radius 2 is 2.17 bits per heavy atom. The van der Waals surface area contributed by atoms with Crippen LogP contribution in [-0.2, 0) is 0 Å². The number of nitrogens with zero attached hydrogens (tertiary/aromatic N) is 2. The Balaban J connectivity index is 1.76. The molecule has 1 heterocycles. The molecule has 2 aromatic rings. The van der Waals surface area contributed by atoms with E-state index in [1.54, 1.807) is 20.0 Å². The first-order chi connectivity index (χ1) is 10.9. The highest BCUT2D eigenvalue weighted by molar-refractivity contribution is 5.83. The fraction of sp³-hybridized carbons (Fsp3) is 0.588. The van der Waals surface area contributed by atoms with Crippen LogP contribution in [0.5, 0.6) is 5.75 Å². The number of fused-ring (bicyclic) bond motifs is 1. The lowest BCUT2D eigenvalue weighted by atomic mass is 9.76. The third kappa shape index (κ3) is 2.90. The molecule has 23 heavy (non-hydrogen) atoms. The molecular formula is C17H23N3O3. The van der Waals surface area contributed by atoms with Gasteiger partial charge >= 0.3 is 0 Å². The maximum Gasteiger partial charge on any atom is 0.219 e. The number of nitrogens with one attached hydrogen (secondary N) is 1. The minimum atomic E-state index is -0.897. The number of benzene rings is 1.